The van der Waals surface area contributed by atoms with Crippen molar-refractivity contribution in [2.45, 2.75) is 32.8 Å². The number of carbonyl (C=O) groups excluding carboxylic acids is 1. The van der Waals surface area contributed by atoms with E-state index in [9.17, 15) is 4.79 Å². The summed E-state index contributed by atoms with van der Waals surface area (Å²) in [5.41, 5.74) is 1.38. The number of nitrogens with zero attached hydrogens (tertiary/aromatic N) is 4. The van der Waals surface area contributed by atoms with Crippen LogP contribution in [0.1, 0.15) is 34.8 Å². The zero-order chi connectivity index (χ0) is 18.8. The number of pyridine rings is 1. The SMILES string of the molecule is Cc1cc(OC2CCCN(C(=O)c3nccc4ccccc34)C2)nc(C)n1. The van der Waals surface area contributed by atoms with Crippen LogP contribution >= 0.6 is 0 Å². The number of likely N-dealkylation sites (tertiary alicyclic amines) is 1. The second kappa shape index (κ2) is 7.31. The van der Waals surface area contributed by atoms with Crippen LogP contribution in [0.15, 0.2) is 42.6 Å². The van der Waals surface area contributed by atoms with Gasteiger partial charge in [0.25, 0.3) is 5.91 Å². The van der Waals surface area contributed by atoms with Crippen LogP contribution in [0.2, 0.25) is 0 Å². The minimum atomic E-state index is -0.0774. The van der Waals surface area contributed by atoms with Crippen molar-refractivity contribution in [2.24, 2.45) is 0 Å². The van der Waals surface area contributed by atoms with Gasteiger partial charge in [-0.15, -0.1) is 0 Å². The van der Waals surface area contributed by atoms with E-state index in [1.165, 1.54) is 0 Å². The van der Waals surface area contributed by atoms with Gasteiger partial charge in [0.1, 0.15) is 17.6 Å². The smallest absolute Gasteiger partial charge is 0.273 e. The molecule has 1 aliphatic heterocycles. The van der Waals surface area contributed by atoms with Crippen LogP contribution in [-0.2, 0) is 0 Å². The molecule has 4 rings (SSSR count). The summed E-state index contributed by atoms with van der Waals surface area (Å²) in [5.74, 6) is 1.21. The summed E-state index contributed by atoms with van der Waals surface area (Å²) in [6, 6.07) is 11.6. The summed E-state index contributed by atoms with van der Waals surface area (Å²) in [6.45, 7) is 5.02. The number of aromatic nitrogens is 3. The van der Waals surface area contributed by atoms with Gasteiger partial charge in [-0.1, -0.05) is 24.3 Å². The first kappa shape index (κ1) is 17.4. The second-order valence-electron chi connectivity index (χ2n) is 6.91. The summed E-state index contributed by atoms with van der Waals surface area (Å²) in [4.78, 5) is 27.9. The molecule has 1 fully saturated rings. The Morgan fingerprint density at radius 3 is 2.89 bits per heavy atom. The Morgan fingerprint density at radius 2 is 2.04 bits per heavy atom. The highest BCUT2D eigenvalue weighted by Crippen LogP contribution is 2.22. The number of hydrogen-bond donors (Lipinski definition) is 0. The number of aryl methyl sites for hydroxylation is 2. The summed E-state index contributed by atoms with van der Waals surface area (Å²) in [5, 5.41) is 1.91. The van der Waals surface area contributed by atoms with Crippen molar-refractivity contribution in [3.63, 3.8) is 0 Å². The average molecular weight is 362 g/mol. The number of amides is 1. The largest absolute Gasteiger partial charge is 0.472 e. The van der Waals surface area contributed by atoms with Gasteiger partial charge in [0, 0.05) is 29.9 Å². The van der Waals surface area contributed by atoms with E-state index >= 15 is 0 Å². The minimum Gasteiger partial charge on any atom is -0.472 e. The molecule has 1 aromatic carbocycles. The predicted molar refractivity (Wildman–Crippen MR) is 103 cm³/mol. The van der Waals surface area contributed by atoms with Gasteiger partial charge in [-0.2, -0.15) is 4.98 Å². The lowest BCUT2D eigenvalue weighted by molar-refractivity contribution is 0.0523. The zero-order valence-corrected chi connectivity index (χ0v) is 15.6. The van der Waals surface area contributed by atoms with Crippen molar-refractivity contribution in [1.29, 1.82) is 0 Å². The van der Waals surface area contributed by atoms with Crippen LogP contribution in [0, 0.1) is 13.8 Å². The lowest BCUT2D eigenvalue weighted by Crippen LogP contribution is -2.44. The van der Waals surface area contributed by atoms with Gasteiger partial charge in [0.05, 0.1) is 6.54 Å². The van der Waals surface area contributed by atoms with E-state index in [2.05, 4.69) is 15.0 Å². The first-order valence-electron chi connectivity index (χ1n) is 9.22. The third-order valence-corrected chi connectivity index (χ3v) is 4.77. The molecule has 1 aliphatic rings. The highest BCUT2D eigenvalue weighted by atomic mass is 16.5. The van der Waals surface area contributed by atoms with E-state index < -0.39 is 0 Å². The fourth-order valence-corrected chi connectivity index (χ4v) is 3.57. The minimum absolute atomic E-state index is 0.0462. The van der Waals surface area contributed by atoms with Crippen molar-refractivity contribution >= 4 is 16.7 Å². The molecule has 0 bridgehead atoms. The monoisotopic (exact) mass is 362 g/mol. The van der Waals surface area contributed by atoms with Crippen molar-refractivity contribution in [3.8, 4) is 5.88 Å². The molecule has 27 heavy (non-hydrogen) atoms. The molecular formula is C21H22N4O2. The lowest BCUT2D eigenvalue weighted by Gasteiger charge is -2.32. The number of ether oxygens (including phenoxy) is 1. The first-order chi connectivity index (χ1) is 13.1. The number of benzene rings is 1. The molecule has 1 amide bonds. The molecule has 0 spiro atoms. The first-order valence-corrected chi connectivity index (χ1v) is 9.22. The molecule has 2 aromatic heterocycles. The maximum atomic E-state index is 13.1. The van der Waals surface area contributed by atoms with Crippen LogP contribution in [0.3, 0.4) is 0 Å². The molecule has 0 N–H and O–H groups in total. The van der Waals surface area contributed by atoms with Gasteiger partial charge in [0.15, 0.2) is 0 Å². The van der Waals surface area contributed by atoms with E-state index in [0.29, 0.717) is 30.5 Å². The maximum absolute atomic E-state index is 13.1. The van der Waals surface area contributed by atoms with Crippen LogP contribution in [0.25, 0.3) is 10.8 Å². The summed E-state index contributed by atoms with van der Waals surface area (Å²) < 4.78 is 6.06. The summed E-state index contributed by atoms with van der Waals surface area (Å²) in [7, 11) is 0. The molecule has 1 atom stereocenters. The van der Waals surface area contributed by atoms with Gasteiger partial charge in [0.2, 0.25) is 5.88 Å². The van der Waals surface area contributed by atoms with Crippen molar-refractivity contribution in [2.75, 3.05) is 13.1 Å². The number of hydrogen-bond acceptors (Lipinski definition) is 5. The molecule has 0 saturated carbocycles. The highest BCUT2D eigenvalue weighted by molar-refractivity contribution is 6.05. The van der Waals surface area contributed by atoms with E-state index in [1.54, 1.807) is 6.20 Å². The van der Waals surface area contributed by atoms with Crippen LogP contribution < -0.4 is 4.74 Å². The van der Waals surface area contributed by atoms with Gasteiger partial charge in [-0.25, -0.2) is 4.98 Å². The Hall–Kier alpha value is -3.02. The Balaban J connectivity index is 1.53. The zero-order valence-electron chi connectivity index (χ0n) is 15.6. The normalized spacial score (nSPS) is 17.1. The van der Waals surface area contributed by atoms with Crippen molar-refractivity contribution in [3.05, 3.63) is 59.8 Å². The van der Waals surface area contributed by atoms with E-state index in [4.69, 9.17) is 4.74 Å². The average Bonchev–Trinajstić information content (AvgIpc) is 2.66. The number of piperidine rings is 1. The highest BCUT2D eigenvalue weighted by Gasteiger charge is 2.27. The predicted octanol–water partition coefficient (Wildman–Crippen LogP) is 3.33. The summed E-state index contributed by atoms with van der Waals surface area (Å²) >= 11 is 0. The fraction of sp³-hybridized carbons (Fsp3) is 0.333. The van der Waals surface area contributed by atoms with E-state index in [-0.39, 0.29) is 12.0 Å². The van der Waals surface area contributed by atoms with Crippen LogP contribution in [-0.4, -0.2) is 45.0 Å². The molecule has 6 nitrogen and oxygen atoms in total. The topological polar surface area (TPSA) is 68.2 Å². The molecule has 6 heteroatoms. The lowest BCUT2D eigenvalue weighted by atomic mass is 10.1. The maximum Gasteiger partial charge on any atom is 0.273 e. The van der Waals surface area contributed by atoms with Crippen LogP contribution in [0.5, 0.6) is 5.88 Å². The van der Waals surface area contributed by atoms with Crippen molar-refractivity contribution < 1.29 is 9.53 Å². The third-order valence-electron chi connectivity index (χ3n) is 4.77. The standard InChI is InChI=1S/C21H22N4O2/c1-14-12-19(24-15(2)23-14)27-17-7-5-11-25(13-17)21(26)20-18-8-4-3-6-16(18)9-10-22-20/h3-4,6,8-10,12,17H,5,7,11,13H2,1-2H3. The molecule has 1 saturated heterocycles. The van der Waals surface area contributed by atoms with Gasteiger partial charge in [-0.3, -0.25) is 9.78 Å². The number of fused-ring (bicyclic) bond motifs is 1. The number of rotatable bonds is 3. The summed E-state index contributed by atoms with van der Waals surface area (Å²) in [6.07, 6.45) is 3.41. The van der Waals surface area contributed by atoms with Gasteiger partial charge >= 0.3 is 0 Å². The Bertz CT molecular complexity index is 963. The molecule has 0 radical (unpaired) electrons. The van der Waals surface area contributed by atoms with Crippen LogP contribution in [0.4, 0.5) is 0 Å². The van der Waals surface area contributed by atoms with Gasteiger partial charge < -0.3 is 9.64 Å². The third kappa shape index (κ3) is 3.74. The fourth-order valence-electron chi connectivity index (χ4n) is 3.57. The Kier molecular flexibility index (Phi) is 4.71. The quantitative estimate of drug-likeness (QED) is 0.715. The molecule has 1 unspecified atom stereocenters. The molecule has 3 aromatic rings. The van der Waals surface area contributed by atoms with E-state index in [1.807, 2.05) is 55.1 Å². The Labute approximate surface area is 158 Å². The van der Waals surface area contributed by atoms with Gasteiger partial charge in [-0.05, 0) is 38.1 Å². The molecule has 3 heterocycles. The Morgan fingerprint density at radius 1 is 1.19 bits per heavy atom. The van der Waals surface area contributed by atoms with Crippen molar-refractivity contribution in [1.82, 2.24) is 19.9 Å². The number of carbonyl (C=O) groups is 1. The molecule has 138 valence electrons. The second-order valence-corrected chi connectivity index (χ2v) is 6.91. The van der Waals surface area contributed by atoms with E-state index in [0.717, 1.165) is 29.3 Å². The molecule has 0 aliphatic carbocycles. The molecular weight excluding hydrogens is 340 g/mol.